The lowest BCUT2D eigenvalue weighted by Crippen LogP contribution is -2.16. The fourth-order valence-electron chi connectivity index (χ4n) is 1.16. The van der Waals surface area contributed by atoms with Crippen molar-refractivity contribution in [2.24, 2.45) is 0 Å². The van der Waals surface area contributed by atoms with Crippen LogP contribution in [0.3, 0.4) is 0 Å². The van der Waals surface area contributed by atoms with Gasteiger partial charge in [-0.25, -0.2) is 0 Å². The fraction of sp³-hybridized carbons (Fsp3) is 0.455. The average Bonchev–Trinajstić information content (AvgIpc) is 2.12. The summed E-state index contributed by atoms with van der Waals surface area (Å²) in [5, 5.41) is 3.93. The van der Waals surface area contributed by atoms with Gasteiger partial charge in [0.1, 0.15) is 0 Å². The normalized spacial score (nSPS) is 10.6. The highest BCUT2D eigenvalue weighted by atomic mass is 35.5. The lowest BCUT2D eigenvalue weighted by molar-refractivity contribution is 0.405. The van der Waals surface area contributed by atoms with Crippen molar-refractivity contribution < 1.29 is 0 Å². The molecule has 0 heterocycles. The SMILES string of the molecule is CN(C)CCCNc1[c]c(Cl)ccc1. The fourth-order valence-corrected chi connectivity index (χ4v) is 1.34. The van der Waals surface area contributed by atoms with Crippen molar-refractivity contribution in [1.82, 2.24) is 4.90 Å². The number of halogens is 1. The van der Waals surface area contributed by atoms with Crippen molar-refractivity contribution in [3.8, 4) is 0 Å². The maximum Gasteiger partial charge on any atom is 0.0506 e. The molecule has 0 fully saturated rings. The molecule has 0 bridgehead atoms. The van der Waals surface area contributed by atoms with Crippen LogP contribution in [0.1, 0.15) is 6.42 Å². The zero-order chi connectivity index (χ0) is 10.4. The molecule has 0 spiro atoms. The third-order valence-corrected chi connectivity index (χ3v) is 2.08. The summed E-state index contributed by atoms with van der Waals surface area (Å²) in [5.41, 5.74) is 0.969. The van der Waals surface area contributed by atoms with Gasteiger partial charge >= 0.3 is 0 Å². The lowest BCUT2D eigenvalue weighted by Gasteiger charge is -2.10. The average molecular weight is 212 g/mol. The van der Waals surface area contributed by atoms with Crippen molar-refractivity contribution in [3.05, 3.63) is 29.3 Å². The first-order chi connectivity index (χ1) is 6.68. The van der Waals surface area contributed by atoms with Crippen LogP contribution in [-0.4, -0.2) is 32.1 Å². The Labute approximate surface area is 90.9 Å². The molecule has 14 heavy (non-hydrogen) atoms. The van der Waals surface area contributed by atoms with Gasteiger partial charge in [0.15, 0.2) is 0 Å². The maximum atomic E-state index is 5.80. The van der Waals surface area contributed by atoms with Gasteiger partial charge in [-0.15, -0.1) is 0 Å². The molecule has 1 aromatic rings. The molecule has 1 aromatic carbocycles. The molecule has 2 nitrogen and oxygen atoms in total. The van der Waals surface area contributed by atoms with Gasteiger partial charge < -0.3 is 10.2 Å². The molecule has 1 radical (unpaired) electrons. The molecule has 1 rings (SSSR count). The first-order valence-corrected chi connectivity index (χ1v) is 5.13. The van der Waals surface area contributed by atoms with E-state index in [0.717, 1.165) is 25.2 Å². The topological polar surface area (TPSA) is 15.3 Å². The van der Waals surface area contributed by atoms with Crippen molar-refractivity contribution in [1.29, 1.82) is 0 Å². The Kier molecular flexibility index (Phi) is 4.77. The van der Waals surface area contributed by atoms with Crippen LogP contribution >= 0.6 is 11.6 Å². The van der Waals surface area contributed by atoms with Crippen LogP contribution in [0.2, 0.25) is 5.02 Å². The maximum absolute atomic E-state index is 5.80. The summed E-state index contributed by atoms with van der Waals surface area (Å²) in [6, 6.07) is 8.76. The second-order valence-corrected chi connectivity index (χ2v) is 3.90. The van der Waals surface area contributed by atoms with Gasteiger partial charge in [-0.3, -0.25) is 0 Å². The Hall–Kier alpha value is -0.730. The molecule has 0 atom stereocenters. The summed E-state index contributed by atoms with van der Waals surface area (Å²) in [7, 11) is 4.15. The molecular formula is C11H16ClN2. The molecule has 0 saturated carbocycles. The summed E-state index contributed by atoms with van der Waals surface area (Å²) in [6.45, 7) is 2.04. The molecule has 0 aliphatic carbocycles. The predicted molar refractivity (Wildman–Crippen MR) is 61.9 cm³/mol. The molecule has 1 N–H and O–H groups in total. The van der Waals surface area contributed by atoms with Crippen LogP contribution in [0.5, 0.6) is 0 Å². The number of benzene rings is 1. The van der Waals surface area contributed by atoms with E-state index in [2.05, 4.69) is 30.4 Å². The van der Waals surface area contributed by atoms with Crippen molar-refractivity contribution >= 4 is 17.3 Å². The Morgan fingerprint density at radius 3 is 2.86 bits per heavy atom. The first kappa shape index (κ1) is 11.3. The molecular weight excluding hydrogens is 196 g/mol. The van der Waals surface area contributed by atoms with Crippen LogP contribution in [0, 0.1) is 6.07 Å². The second-order valence-electron chi connectivity index (χ2n) is 3.50. The van der Waals surface area contributed by atoms with Crippen molar-refractivity contribution in [2.45, 2.75) is 6.42 Å². The highest BCUT2D eigenvalue weighted by molar-refractivity contribution is 6.30. The number of nitrogens with one attached hydrogen (secondary N) is 1. The van der Waals surface area contributed by atoms with Crippen LogP contribution in [-0.2, 0) is 0 Å². The van der Waals surface area contributed by atoms with Gasteiger partial charge in [-0.05, 0) is 39.2 Å². The smallest absolute Gasteiger partial charge is 0.0506 e. The molecule has 0 aliphatic rings. The Morgan fingerprint density at radius 2 is 2.21 bits per heavy atom. The highest BCUT2D eigenvalue weighted by Crippen LogP contribution is 2.13. The molecule has 0 aromatic heterocycles. The first-order valence-electron chi connectivity index (χ1n) is 4.75. The minimum atomic E-state index is 0.655. The van der Waals surface area contributed by atoms with Gasteiger partial charge in [0, 0.05) is 18.3 Å². The van der Waals surface area contributed by atoms with Crippen LogP contribution in [0.25, 0.3) is 0 Å². The molecule has 77 valence electrons. The molecule has 0 aliphatic heterocycles. The van der Waals surface area contributed by atoms with E-state index in [1.807, 2.05) is 18.2 Å². The second kappa shape index (κ2) is 5.89. The lowest BCUT2D eigenvalue weighted by atomic mass is 10.3. The summed E-state index contributed by atoms with van der Waals surface area (Å²) in [6.07, 6.45) is 1.12. The third kappa shape index (κ3) is 4.49. The van der Waals surface area contributed by atoms with Crippen molar-refractivity contribution in [3.63, 3.8) is 0 Å². The predicted octanol–water partition coefficient (Wildman–Crippen LogP) is 2.50. The van der Waals surface area contributed by atoms with Gasteiger partial charge in [-0.1, -0.05) is 17.7 Å². The van der Waals surface area contributed by atoms with E-state index in [0.29, 0.717) is 5.02 Å². The number of hydrogen-bond donors (Lipinski definition) is 1. The zero-order valence-electron chi connectivity index (χ0n) is 8.68. The van der Waals surface area contributed by atoms with Gasteiger partial charge in [-0.2, -0.15) is 0 Å². The summed E-state index contributed by atoms with van der Waals surface area (Å²) < 4.78 is 0. The number of rotatable bonds is 5. The summed E-state index contributed by atoms with van der Waals surface area (Å²) in [4.78, 5) is 2.17. The van der Waals surface area contributed by atoms with E-state index < -0.39 is 0 Å². The van der Waals surface area contributed by atoms with E-state index in [4.69, 9.17) is 11.6 Å². The number of anilines is 1. The summed E-state index contributed by atoms with van der Waals surface area (Å²) in [5.74, 6) is 0. The molecule has 0 amide bonds. The Balaban J connectivity index is 2.25. The monoisotopic (exact) mass is 211 g/mol. The van der Waals surface area contributed by atoms with E-state index in [9.17, 15) is 0 Å². The van der Waals surface area contributed by atoms with Gasteiger partial charge in [0.05, 0.1) is 5.02 Å². The highest BCUT2D eigenvalue weighted by Gasteiger charge is 1.94. The Bertz CT molecular complexity index is 274. The third-order valence-electron chi connectivity index (χ3n) is 1.86. The van der Waals surface area contributed by atoms with Crippen LogP contribution in [0.4, 0.5) is 5.69 Å². The van der Waals surface area contributed by atoms with E-state index in [1.165, 1.54) is 0 Å². The van der Waals surface area contributed by atoms with E-state index >= 15 is 0 Å². The minimum absolute atomic E-state index is 0.655. The van der Waals surface area contributed by atoms with Crippen LogP contribution < -0.4 is 5.32 Å². The largest absolute Gasteiger partial charge is 0.384 e. The molecule has 0 saturated heterocycles. The van der Waals surface area contributed by atoms with Gasteiger partial charge in [0.25, 0.3) is 0 Å². The standard InChI is InChI=1S/C11H16ClN2/c1-14(2)8-4-7-13-11-6-3-5-10(12)9-11/h3,5-6,13H,4,7-8H2,1-2H3. The van der Waals surface area contributed by atoms with E-state index in [1.54, 1.807) is 0 Å². The quantitative estimate of drug-likeness (QED) is 0.753. The van der Waals surface area contributed by atoms with Gasteiger partial charge in [0.2, 0.25) is 0 Å². The summed E-state index contributed by atoms with van der Waals surface area (Å²) >= 11 is 5.80. The number of nitrogens with zero attached hydrogens (tertiary/aromatic N) is 1. The molecule has 0 unspecified atom stereocenters. The zero-order valence-corrected chi connectivity index (χ0v) is 9.43. The van der Waals surface area contributed by atoms with E-state index in [-0.39, 0.29) is 0 Å². The molecule has 3 heteroatoms. The van der Waals surface area contributed by atoms with Crippen molar-refractivity contribution in [2.75, 3.05) is 32.5 Å². The van der Waals surface area contributed by atoms with Crippen LogP contribution in [0.15, 0.2) is 18.2 Å². The Morgan fingerprint density at radius 1 is 1.43 bits per heavy atom. The number of hydrogen-bond acceptors (Lipinski definition) is 2. The minimum Gasteiger partial charge on any atom is -0.384 e.